The highest BCUT2D eigenvalue weighted by Gasteiger charge is 2.26. The van der Waals surface area contributed by atoms with E-state index in [1.165, 1.54) is 56.5 Å². The number of halogens is 1. The second-order valence-corrected chi connectivity index (χ2v) is 12.2. The van der Waals surface area contributed by atoms with E-state index >= 15 is 0 Å². The second kappa shape index (κ2) is 11.7. The zero-order valence-electron chi connectivity index (χ0n) is 21.1. The average molecular weight is 547 g/mol. The van der Waals surface area contributed by atoms with Gasteiger partial charge in [-0.2, -0.15) is 0 Å². The predicted octanol–water partition coefficient (Wildman–Crippen LogP) is 3.93. The Bertz CT molecular complexity index is 1320. The van der Waals surface area contributed by atoms with Gasteiger partial charge in [0.25, 0.3) is 0 Å². The second-order valence-electron chi connectivity index (χ2n) is 9.07. The number of nitrogens with one attached hydrogen (secondary N) is 1. The number of hydrogen-bond acceptors (Lipinski definition) is 7. The molecule has 12 heteroatoms. The van der Waals surface area contributed by atoms with Crippen LogP contribution in [0.4, 0.5) is 10.1 Å². The van der Waals surface area contributed by atoms with Crippen molar-refractivity contribution in [1.29, 1.82) is 0 Å². The number of amides is 1. The number of benzene rings is 2. The highest BCUT2D eigenvalue weighted by Crippen LogP contribution is 2.29. The van der Waals surface area contributed by atoms with Gasteiger partial charge in [0.15, 0.2) is 11.0 Å². The van der Waals surface area contributed by atoms with Crippen molar-refractivity contribution in [3.8, 4) is 5.69 Å². The molecule has 1 N–H and O–H groups in total. The molecule has 198 valence electrons. The Balaban J connectivity index is 1.49. The molecule has 1 atom stereocenters. The van der Waals surface area contributed by atoms with E-state index in [9.17, 15) is 17.6 Å². The summed E-state index contributed by atoms with van der Waals surface area (Å²) >= 11 is 1.23. The van der Waals surface area contributed by atoms with Crippen molar-refractivity contribution in [2.45, 2.75) is 42.3 Å². The lowest BCUT2D eigenvalue weighted by atomic mass is 10.1. The molecule has 0 saturated carbocycles. The highest BCUT2D eigenvalue weighted by molar-refractivity contribution is 7.99. The molecule has 4 rings (SSSR count). The first-order valence-electron chi connectivity index (χ1n) is 12.1. The van der Waals surface area contributed by atoms with Gasteiger partial charge in [-0.3, -0.25) is 14.3 Å². The van der Waals surface area contributed by atoms with Crippen LogP contribution in [0.25, 0.3) is 5.69 Å². The molecule has 1 fully saturated rings. The van der Waals surface area contributed by atoms with Gasteiger partial charge in [-0.1, -0.05) is 18.2 Å². The number of rotatable bonds is 9. The first-order valence-corrected chi connectivity index (χ1v) is 14.5. The molecule has 1 unspecified atom stereocenters. The van der Waals surface area contributed by atoms with Gasteiger partial charge in [0, 0.05) is 25.5 Å². The molecule has 37 heavy (non-hydrogen) atoms. The Labute approximate surface area is 221 Å². The number of likely N-dealkylation sites (tertiary alicyclic amines) is 1. The third kappa shape index (κ3) is 6.38. The lowest BCUT2D eigenvalue weighted by molar-refractivity contribution is -0.113. The van der Waals surface area contributed by atoms with Gasteiger partial charge in [-0.25, -0.2) is 17.1 Å². The molecule has 1 saturated heterocycles. The summed E-state index contributed by atoms with van der Waals surface area (Å²) in [4.78, 5) is 15.2. The number of sulfonamides is 1. The van der Waals surface area contributed by atoms with Crippen LogP contribution in [0.2, 0.25) is 0 Å². The maximum Gasteiger partial charge on any atom is 0.242 e. The van der Waals surface area contributed by atoms with Gasteiger partial charge < -0.3 is 5.32 Å². The van der Waals surface area contributed by atoms with Gasteiger partial charge in [-0.15, -0.1) is 10.2 Å². The van der Waals surface area contributed by atoms with Crippen molar-refractivity contribution >= 4 is 33.4 Å². The fourth-order valence-corrected chi connectivity index (χ4v) is 5.86. The third-order valence-corrected chi connectivity index (χ3v) is 9.06. The van der Waals surface area contributed by atoms with Crippen molar-refractivity contribution in [1.82, 2.24) is 24.0 Å². The number of piperidine rings is 1. The zero-order valence-corrected chi connectivity index (χ0v) is 22.7. The van der Waals surface area contributed by atoms with Crippen LogP contribution in [0, 0.1) is 5.82 Å². The number of carbonyl (C=O) groups is 1. The third-order valence-electron chi connectivity index (χ3n) is 6.30. The first kappa shape index (κ1) is 27.2. The van der Waals surface area contributed by atoms with Crippen molar-refractivity contribution < 1.29 is 17.6 Å². The van der Waals surface area contributed by atoms with Gasteiger partial charge in [-0.05, 0) is 81.4 Å². The molecule has 1 aromatic heterocycles. The predicted molar refractivity (Wildman–Crippen MR) is 142 cm³/mol. The van der Waals surface area contributed by atoms with E-state index in [0.717, 1.165) is 41.7 Å². The lowest BCUT2D eigenvalue weighted by Crippen LogP contribution is -2.33. The Morgan fingerprint density at radius 2 is 1.70 bits per heavy atom. The Morgan fingerprint density at radius 1 is 1.05 bits per heavy atom. The van der Waals surface area contributed by atoms with Crippen LogP contribution in [0.1, 0.15) is 38.1 Å². The molecule has 1 amide bonds. The van der Waals surface area contributed by atoms with E-state index in [4.69, 9.17) is 0 Å². The normalized spacial score (nSPS) is 15.6. The van der Waals surface area contributed by atoms with Crippen molar-refractivity contribution in [2.24, 2.45) is 0 Å². The molecule has 0 aliphatic carbocycles. The van der Waals surface area contributed by atoms with Gasteiger partial charge in [0.05, 0.1) is 16.7 Å². The summed E-state index contributed by atoms with van der Waals surface area (Å²) in [5, 5.41) is 12.2. The quantitative estimate of drug-likeness (QED) is 0.406. The zero-order chi connectivity index (χ0) is 26.6. The summed E-state index contributed by atoms with van der Waals surface area (Å²) in [6.45, 7) is 4.06. The minimum Gasteiger partial charge on any atom is -0.325 e. The molecular weight excluding hydrogens is 515 g/mol. The Hall–Kier alpha value is -2.80. The number of carbonyl (C=O) groups excluding carboxylic acids is 1. The maximum atomic E-state index is 13.6. The molecule has 0 bridgehead atoms. The fraction of sp³-hybridized carbons (Fsp3) is 0.400. The van der Waals surface area contributed by atoms with E-state index < -0.39 is 10.0 Å². The summed E-state index contributed by atoms with van der Waals surface area (Å²) in [5.74, 6) is 0.205. The molecule has 3 aromatic rings. The molecule has 0 spiro atoms. The summed E-state index contributed by atoms with van der Waals surface area (Å²) in [6, 6.07) is 12.2. The number of nitrogens with zero attached hydrogens (tertiary/aromatic N) is 5. The van der Waals surface area contributed by atoms with Gasteiger partial charge in [0.1, 0.15) is 5.82 Å². The van der Waals surface area contributed by atoms with Crippen molar-refractivity contribution in [3.05, 3.63) is 60.2 Å². The van der Waals surface area contributed by atoms with Crippen molar-refractivity contribution in [3.63, 3.8) is 0 Å². The largest absolute Gasteiger partial charge is 0.325 e. The highest BCUT2D eigenvalue weighted by atomic mass is 32.2. The number of anilines is 1. The molecule has 0 radical (unpaired) electrons. The maximum absolute atomic E-state index is 13.6. The van der Waals surface area contributed by atoms with E-state index in [0.29, 0.717) is 10.8 Å². The number of thioether (sulfide) groups is 1. The van der Waals surface area contributed by atoms with E-state index in [-0.39, 0.29) is 28.4 Å². The average Bonchev–Trinajstić information content (AvgIpc) is 3.32. The minimum atomic E-state index is -3.54. The minimum absolute atomic E-state index is 0.0120. The Kier molecular flexibility index (Phi) is 8.63. The van der Waals surface area contributed by atoms with Crippen molar-refractivity contribution in [2.75, 3.05) is 38.3 Å². The number of aromatic nitrogens is 3. The van der Waals surface area contributed by atoms with E-state index in [1.54, 1.807) is 24.3 Å². The molecule has 1 aliphatic rings. The fourth-order valence-electron chi connectivity index (χ4n) is 4.20. The van der Waals surface area contributed by atoms with Crippen LogP contribution in [-0.4, -0.2) is 71.2 Å². The Morgan fingerprint density at radius 3 is 2.32 bits per heavy atom. The molecular formula is C25H31FN6O3S2. The smallest absolute Gasteiger partial charge is 0.242 e. The summed E-state index contributed by atoms with van der Waals surface area (Å²) in [5.41, 5.74) is 1.22. The first-order chi connectivity index (χ1) is 17.7. The van der Waals surface area contributed by atoms with Crippen LogP contribution in [0.3, 0.4) is 0 Å². The SMILES string of the molecule is CC(c1nnc(SCC(=O)Nc2ccc(S(=O)(=O)N(C)C)cc2)n1-c1ccc(F)cc1)N1CCCCC1. The standard InChI is InChI=1S/C25H31FN6O3S2/c1-18(31-15-5-4-6-16-31)24-28-29-25(32(24)21-11-7-19(26)8-12-21)36-17-23(33)27-20-9-13-22(14-10-20)37(34,35)30(2)3/h7-14,18H,4-6,15-17H2,1-3H3,(H,27,33). The van der Waals surface area contributed by atoms with Crippen LogP contribution >= 0.6 is 11.8 Å². The van der Waals surface area contributed by atoms with Crippen LogP contribution in [-0.2, 0) is 14.8 Å². The molecule has 9 nitrogen and oxygen atoms in total. The summed E-state index contributed by atoms with van der Waals surface area (Å²) in [6.07, 6.45) is 3.50. The van der Waals surface area contributed by atoms with E-state index in [2.05, 4.69) is 27.3 Å². The topological polar surface area (TPSA) is 100 Å². The summed E-state index contributed by atoms with van der Waals surface area (Å²) < 4.78 is 41.1. The van der Waals surface area contributed by atoms with Crippen LogP contribution < -0.4 is 5.32 Å². The number of hydrogen-bond donors (Lipinski definition) is 1. The monoisotopic (exact) mass is 546 g/mol. The molecule has 2 aromatic carbocycles. The van der Waals surface area contributed by atoms with E-state index in [1.807, 2.05) is 4.57 Å². The van der Waals surface area contributed by atoms with Crippen LogP contribution in [0.15, 0.2) is 58.6 Å². The summed E-state index contributed by atoms with van der Waals surface area (Å²) in [7, 11) is -0.616. The van der Waals surface area contributed by atoms with Gasteiger partial charge >= 0.3 is 0 Å². The molecule has 2 heterocycles. The van der Waals surface area contributed by atoms with Gasteiger partial charge in [0.2, 0.25) is 15.9 Å². The lowest BCUT2D eigenvalue weighted by Gasteiger charge is -2.31. The van der Waals surface area contributed by atoms with Crippen LogP contribution in [0.5, 0.6) is 0 Å². The molecule has 1 aliphatic heterocycles.